The summed E-state index contributed by atoms with van der Waals surface area (Å²) in [6.07, 6.45) is 1.58. The van der Waals surface area contributed by atoms with Crippen molar-refractivity contribution in [2.75, 3.05) is 19.6 Å². The van der Waals surface area contributed by atoms with Crippen LogP contribution in [0.25, 0.3) is 0 Å². The van der Waals surface area contributed by atoms with Gasteiger partial charge in [-0.2, -0.15) is 4.31 Å². The summed E-state index contributed by atoms with van der Waals surface area (Å²) in [6, 6.07) is 1.60. The van der Waals surface area contributed by atoms with Gasteiger partial charge in [-0.1, -0.05) is 20.8 Å². The van der Waals surface area contributed by atoms with Gasteiger partial charge in [-0.15, -0.1) is 0 Å². The maximum absolute atomic E-state index is 12.6. The predicted octanol–water partition coefficient (Wildman–Crippen LogP) is 2.96. The second-order valence-electron chi connectivity index (χ2n) is 4.54. The number of hydrogen-bond acceptors (Lipinski definition) is 4. The fourth-order valence-electron chi connectivity index (χ4n) is 1.90. The van der Waals surface area contributed by atoms with Crippen molar-refractivity contribution in [3.63, 3.8) is 0 Å². The molecule has 1 rings (SSSR count). The third-order valence-corrected chi connectivity index (χ3v) is 5.58. The summed E-state index contributed by atoms with van der Waals surface area (Å²) in [5.41, 5.74) is 0. The van der Waals surface area contributed by atoms with Gasteiger partial charge in [-0.25, -0.2) is 8.42 Å². The first kappa shape index (κ1) is 17.7. The van der Waals surface area contributed by atoms with E-state index < -0.39 is 10.0 Å². The molecule has 0 aliphatic heterocycles. The molecule has 1 N–H and O–H groups in total. The van der Waals surface area contributed by atoms with Crippen LogP contribution in [-0.4, -0.2) is 32.4 Å². The van der Waals surface area contributed by atoms with Crippen molar-refractivity contribution in [2.24, 2.45) is 0 Å². The highest BCUT2D eigenvalue weighted by Crippen LogP contribution is 2.29. The number of sulfonamides is 1. The second kappa shape index (κ2) is 8.17. The molecule has 0 aromatic carbocycles. The molecule has 0 fully saturated rings. The summed E-state index contributed by atoms with van der Waals surface area (Å²) in [4.78, 5) is 0.215. The third-order valence-electron chi connectivity index (χ3n) is 2.82. The number of furan rings is 1. The second-order valence-corrected chi connectivity index (χ2v) is 7.16. The van der Waals surface area contributed by atoms with E-state index in [2.05, 4.69) is 21.2 Å². The topological polar surface area (TPSA) is 62.6 Å². The zero-order chi connectivity index (χ0) is 15.2. The average molecular weight is 367 g/mol. The molecule has 1 heterocycles. The molecule has 1 aromatic rings. The summed E-state index contributed by atoms with van der Waals surface area (Å²) in [5, 5.41) is 3.11. The highest BCUT2D eigenvalue weighted by atomic mass is 79.9. The molecule has 5 nitrogen and oxygen atoms in total. The van der Waals surface area contributed by atoms with Crippen LogP contribution in [0, 0.1) is 0 Å². The van der Waals surface area contributed by atoms with Gasteiger partial charge in [0, 0.05) is 19.2 Å². The van der Waals surface area contributed by atoms with Crippen LogP contribution in [0.3, 0.4) is 0 Å². The van der Waals surface area contributed by atoms with Gasteiger partial charge < -0.3 is 9.73 Å². The molecule has 0 spiro atoms. The van der Waals surface area contributed by atoms with E-state index in [1.807, 2.05) is 20.8 Å². The van der Waals surface area contributed by atoms with Gasteiger partial charge in [-0.3, -0.25) is 0 Å². The largest absolute Gasteiger partial charge is 0.452 e. The summed E-state index contributed by atoms with van der Waals surface area (Å²) >= 11 is 3.22. The van der Waals surface area contributed by atoms with E-state index in [1.165, 1.54) is 4.31 Å². The van der Waals surface area contributed by atoms with E-state index in [1.54, 1.807) is 6.07 Å². The fourth-order valence-corrected chi connectivity index (χ4v) is 4.48. The lowest BCUT2D eigenvalue weighted by Crippen LogP contribution is -2.32. The van der Waals surface area contributed by atoms with E-state index in [-0.39, 0.29) is 9.56 Å². The van der Waals surface area contributed by atoms with Crippen LogP contribution < -0.4 is 5.32 Å². The van der Waals surface area contributed by atoms with Crippen LogP contribution in [0.1, 0.15) is 39.4 Å². The van der Waals surface area contributed by atoms with Crippen molar-refractivity contribution in [1.29, 1.82) is 0 Å². The Labute approximate surface area is 129 Å². The van der Waals surface area contributed by atoms with Crippen LogP contribution in [0.2, 0.25) is 0 Å². The number of hydrogen-bond donors (Lipinski definition) is 1. The molecule has 116 valence electrons. The van der Waals surface area contributed by atoms with E-state index in [0.29, 0.717) is 25.4 Å². The van der Waals surface area contributed by atoms with Crippen molar-refractivity contribution in [1.82, 2.24) is 9.62 Å². The lowest BCUT2D eigenvalue weighted by molar-refractivity contribution is 0.407. The van der Waals surface area contributed by atoms with Crippen molar-refractivity contribution in [2.45, 2.75) is 45.1 Å². The van der Waals surface area contributed by atoms with Crippen molar-refractivity contribution in [3.05, 3.63) is 16.5 Å². The highest BCUT2D eigenvalue weighted by molar-refractivity contribution is 9.10. The summed E-state index contributed by atoms with van der Waals surface area (Å²) in [5.74, 6) is 0.616. The molecule has 7 heteroatoms. The van der Waals surface area contributed by atoms with E-state index >= 15 is 0 Å². The van der Waals surface area contributed by atoms with Crippen LogP contribution in [0.15, 0.2) is 20.0 Å². The van der Waals surface area contributed by atoms with Crippen LogP contribution in [0.4, 0.5) is 0 Å². The Hall–Kier alpha value is -0.370. The normalized spacial score (nSPS) is 12.2. The Balaban J connectivity index is 3.03. The molecular weight excluding hydrogens is 344 g/mol. The molecule has 1 aromatic heterocycles. The molecule has 0 unspecified atom stereocenters. The Morgan fingerprint density at radius 1 is 1.25 bits per heavy atom. The Morgan fingerprint density at radius 3 is 2.35 bits per heavy atom. The van der Waals surface area contributed by atoms with Crippen molar-refractivity contribution in [3.8, 4) is 0 Å². The third kappa shape index (κ3) is 4.31. The Morgan fingerprint density at radius 2 is 1.85 bits per heavy atom. The number of nitrogens with zero attached hydrogens (tertiary/aromatic N) is 1. The first-order chi connectivity index (χ1) is 9.47. The van der Waals surface area contributed by atoms with Crippen molar-refractivity contribution < 1.29 is 12.8 Å². The molecule has 0 bridgehead atoms. The maximum Gasteiger partial charge on any atom is 0.247 e. The minimum atomic E-state index is -3.50. The van der Waals surface area contributed by atoms with Crippen LogP contribution in [0.5, 0.6) is 0 Å². The van der Waals surface area contributed by atoms with Crippen LogP contribution >= 0.6 is 15.9 Å². The summed E-state index contributed by atoms with van der Waals surface area (Å²) < 4.78 is 32.5. The van der Waals surface area contributed by atoms with Crippen LogP contribution in [-0.2, 0) is 16.6 Å². The number of halogens is 1. The summed E-state index contributed by atoms with van der Waals surface area (Å²) in [7, 11) is -3.50. The zero-order valence-electron chi connectivity index (χ0n) is 12.3. The molecule has 0 saturated carbocycles. The first-order valence-corrected chi connectivity index (χ1v) is 9.19. The zero-order valence-corrected chi connectivity index (χ0v) is 14.7. The Bertz CT molecular complexity index is 508. The van der Waals surface area contributed by atoms with E-state index in [9.17, 15) is 8.42 Å². The van der Waals surface area contributed by atoms with Gasteiger partial charge >= 0.3 is 0 Å². The maximum atomic E-state index is 12.6. The van der Waals surface area contributed by atoms with Crippen molar-refractivity contribution >= 4 is 26.0 Å². The molecule has 20 heavy (non-hydrogen) atoms. The lowest BCUT2D eigenvalue weighted by atomic mass is 10.4. The van der Waals surface area contributed by atoms with Gasteiger partial charge in [0.25, 0.3) is 0 Å². The molecule has 0 radical (unpaired) electrons. The van der Waals surface area contributed by atoms with Gasteiger partial charge in [-0.05, 0) is 35.3 Å². The highest BCUT2D eigenvalue weighted by Gasteiger charge is 2.28. The van der Waals surface area contributed by atoms with Gasteiger partial charge in [0.05, 0.1) is 6.54 Å². The van der Waals surface area contributed by atoms with Gasteiger partial charge in [0.2, 0.25) is 10.0 Å². The molecule has 0 amide bonds. The summed E-state index contributed by atoms with van der Waals surface area (Å²) in [6.45, 7) is 8.30. The lowest BCUT2D eigenvalue weighted by Gasteiger charge is -2.20. The molecule has 0 atom stereocenters. The minimum Gasteiger partial charge on any atom is -0.452 e. The SMILES string of the molecule is CCCN(CCC)S(=O)(=O)c1cc(CNCC)oc1Br. The number of rotatable bonds is 9. The molecule has 0 saturated heterocycles. The minimum absolute atomic E-state index is 0.215. The monoisotopic (exact) mass is 366 g/mol. The standard InChI is InChI=1S/C13H23BrN2O3S/c1-4-7-16(8-5-2)20(17,18)12-9-11(10-15-6-3)19-13(12)14/h9,15H,4-8,10H2,1-3H3. The average Bonchev–Trinajstić information content (AvgIpc) is 2.78. The predicted molar refractivity (Wildman–Crippen MR) is 83.1 cm³/mol. The molecule has 0 aliphatic rings. The number of nitrogens with one attached hydrogen (secondary N) is 1. The fraction of sp³-hybridized carbons (Fsp3) is 0.692. The quantitative estimate of drug-likeness (QED) is 0.729. The first-order valence-electron chi connectivity index (χ1n) is 6.96. The molecular formula is C13H23BrN2O3S. The van der Waals surface area contributed by atoms with E-state index in [0.717, 1.165) is 19.4 Å². The van der Waals surface area contributed by atoms with Gasteiger partial charge in [0.1, 0.15) is 10.7 Å². The van der Waals surface area contributed by atoms with Gasteiger partial charge in [0.15, 0.2) is 4.67 Å². The smallest absolute Gasteiger partial charge is 0.247 e. The van der Waals surface area contributed by atoms with E-state index in [4.69, 9.17) is 4.42 Å². The Kier molecular flexibility index (Phi) is 7.22. The molecule has 0 aliphatic carbocycles.